The van der Waals surface area contributed by atoms with E-state index >= 15 is 0 Å². The second-order valence-electron chi connectivity index (χ2n) is 7.97. The molecule has 2 N–H and O–H groups in total. The molecule has 1 aromatic carbocycles. The molecule has 0 spiro atoms. The van der Waals surface area contributed by atoms with E-state index in [9.17, 15) is 9.90 Å². The van der Waals surface area contributed by atoms with Gasteiger partial charge in [0.05, 0.1) is 17.9 Å². The molecule has 1 amide bonds. The number of carbonyl (C=O) groups is 1. The molecule has 7 nitrogen and oxygen atoms in total. The van der Waals surface area contributed by atoms with Crippen LogP contribution in [0.1, 0.15) is 49.8 Å². The zero-order valence-corrected chi connectivity index (χ0v) is 16.5. The van der Waals surface area contributed by atoms with Crippen molar-refractivity contribution in [1.29, 1.82) is 0 Å². The molecule has 1 atom stereocenters. The fourth-order valence-corrected chi connectivity index (χ4v) is 4.33. The molecule has 7 heteroatoms. The number of aromatic nitrogens is 1. The Labute approximate surface area is 169 Å². The molecule has 1 fully saturated rings. The van der Waals surface area contributed by atoms with E-state index in [1.807, 2.05) is 12.1 Å². The van der Waals surface area contributed by atoms with Crippen molar-refractivity contribution in [2.24, 2.45) is 5.92 Å². The van der Waals surface area contributed by atoms with Crippen molar-refractivity contribution < 1.29 is 24.3 Å². The van der Waals surface area contributed by atoms with Gasteiger partial charge >= 0.3 is 6.09 Å². The number of hydrogen-bond acceptors (Lipinski definition) is 5. The maximum Gasteiger partial charge on any atom is 0.407 e. The minimum absolute atomic E-state index is 0.0329. The van der Waals surface area contributed by atoms with Crippen molar-refractivity contribution in [2.75, 3.05) is 13.1 Å². The molecule has 1 aliphatic heterocycles. The van der Waals surface area contributed by atoms with Crippen LogP contribution in [0.3, 0.4) is 0 Å². The summed E-state index contributed by atoms with van der Waals surface area (Å²) in [5.41, 5.74) is 2.13. The average Bonchev–Trinajstić information content (AvgIpc) is 3.16. The van der Waals surface area contributed by atoms with Crippen molar-refractivity contribution in [2.45, 2.75) is 57.7 Å². The highest BCUT2D eigenvalue weighted by atomic mass is 16.5. The second kappa shape index (κ2) is 8.86. The number of benzene rings is 1. The maximum absolute atomic E-state index is 11.0. The number of carboxylic acid groups (broad SMARTS) is 1. The zero-order chi connectivity index (χ0) is 20.2. The Morgan fingerprint density at radius 3 is 2.79 bits per heavy atom. The third-order valence-electron chi connectivity index (χ3n) is 6.10. The lowest BCUT2D eigenvalue weighted by Gasteiger charge is -2.29. The van der Waals surface area contributed by atoms with Crippen LogP contribution in [0, 0.1) is 5.92 Å². The number of allylic oxidation sites excluding steroid dienone is 1. The number of aliphatic hydroxyl groups excluding tert-OH is 1. The molecule has 0 saturated carbocycles. The van der Waals surface area contributed by atoms with Gasteiger partial charge in [-0.1, -0.05) is 11.2 Å². The third-order valence-corrected chi connectivity index (χ3v) is 6.10. The van der Waals surface area contributed by atoms with Crippen molar-refractivity contribution in [1.82, 2.24) is 10.1 Å². The van der Waals surface area contributed by atoms with E-state index in [2.05, 4.69) is 17.3 Å². The number of rotatable bonds is 6. The lowest BCUT2D eigenvalue weighted by atomic mass is 9.91. The van der Waals surface area contributed by atoms with Crippen molar-refractivity contribution in [3.63, 3.8) is 0 Å². The van der Waals surface area contributed by atoms with Crippen molar-refractivity contribution in [3.8, 4) is 5.75 Å². The van der Waals surface area contributed by atoms with Gasteiger partial charge in [0, 0.05) is 18.5 Å². The number of likely N-dealkylation sites (tertiary alicyclic amines) is 1. The molecule has 156 valence electrons. The summed E-state index contributed by atoms with van der Waals surface area (Å²) in [6, 6.07) is 3.87. The quantitative estimate of drug-likeness (QED) is 0.708. The topological polar surface area (TPSA) is 96.0 Å². The van der Waals surface area contributed by atoms with E-state index in [0.717, 1.165) is 56.0 Å². The largest absolute Gasteiger partial charge is 0.486 e. The molecular weight excluding hydrogens is 372 g/mol. The first kappa shape index (κ1) is 19.8. The molecular formula is C22H28N2O5. The zero-order valence-electron chi connectivity index (χ0n) is 16.5. The standard InChI is InChI=1S/C22H28N2O5/c25-14-18-20(28-16-4-2-1-3-5-16)9-7-17-19(23-29-21(17)18)8-6-15-10-12-24(13-11-15)22(26)27/h2,4,7,9,15-16,25H,1,3,5-6,8,10-14H2,(H,26,27). The van der Waals surface area contributed by atoms with Crippen LogP contribution in [0.5, 0.6) is 5.75 Å². The Bertz CT molecular complexity index is 883. The Kier molecular flexibility index (Phi) is 6.04. The monoisotopic (exact) mass is 400 g/mol. The first-order valence-corrected chi connectivity index (χ1v) is 10.5. The van der Waals surface area contributed by atoms with Crippen LogP contribution in [0.2, 0.25) is 0 Å². The number of aliphatic hydroxyl groups is 1. The molecule has 1 unspecified atom stereocenters. The lowest BCUT2D eigenvalue weighted by Crippen LogP contribution is -2.37. The van der Waals surface area contributed by atoms with Gasteiger partial charge in [0.2, 0.25) is 0 Å². The summed E-state index contributed by atoms with van der Waals surface area (Å²) in [4.78, 5) is 12.5. The number of ether oxygens (including phenoxy) is 1. The normalized spacial score (nSPS) is 20.3. The third kappa shape index (κ3) is 4.40. The number of fused-ring (bicyclic) bond motifs is 1. The molecule has 1 aliphatic carbocycles. The number of piperidine rings is 1. The highest BCUT2D eigenvalue weighted by molar-refractivity contribution is 5.84. The molecule has 4 rings (SSSR count). The summed E-state index contributed by atoms with van der Waals surface area (Å²) in [6.45, 7) is 1.04. The Balaban J connectivity index is 1.44. The van der Waals surface area contributed by atoms with E-state index in [0.29, 0.717) is 35.9 Å². The summed E-state index contributed by atoms with van der Waals surface area (Å²) in [5, 5.41) is 24.2. The molecule has 2 heterocycles. The molecule has 1 aromatic heterocycles. The van der Waals surface area contributed by atoms with Crippen molar-refractivity contribution >= 4 is 17.1 Å². The van der Waals surface area contributed by atoms with Crippen molar-refractivity contribution in [3.05, 3.63) is 35.5 Å². The molecule has 2 aromatic rings. The van der Waals surface area contributed by atoms with E-state index in [-0.39, 0.29) is 12.7 Å². The summed E-state index contributed by atoms with van der Waals surface area (Å²) in [6.07, 6.45) is 10.1. The van der Waals surface area contributed by atoms with Crippen LogP contribution < -0.4 is 4.74 Å². The highest BCUT2D eigenvalue weighted by Crippen LogP contribution is 2.33. The lowest BCUT2D eigenvalue weighted by molar-refractivity contribution is 0.123. The smallest absolute Gasteiger partial charge is 0.407 e. The van der Waals surface area contributed by atoms with Gasteiger partial charge in [-0.2, -0.15) is 0 Å². The van der Waals surface area contributed by atoms with Gasteiger partial charge in [-0.15, -0.1) is 0 Å². The van der Waals surface area contributed by atoms with E-state index in [1.165, 1.54) is 4.90 Å². The number of aryl methyl sites for hydroxylation is 1. The molecule has 0 bridgehead atoms. The maximum atomic E-state index is 11.0. The van der Waals surface area contributed by atoms with Crippen LogP contribution in [0.25, 0.3) is 11.0 Å². The number of amides is 1. The first-order valence-electron chi connectivity index (χ1n) is 10.5. The van der Waals surface area contributed by atoms with Gasteiger partial charge < -0.3 is 24.4 Å². The first-order chi connectivity index (χ1) is 14.2. The predicted octanol–water partition coefficient (Wildman–Crippen LogP) is 4.13. The average molecular weight is 400 g/mol. The van der Waals surface area contributed by atoms with Crippen LogP contribution in [0.15, 0.2) is 28.8 Å². The number of hydrogen-bond donors (Lipinski definition) is 2. The molecule has 0 radical (unpaired) electrons. The highest BCUT2D eigenvalue weighted by Gasteiger charge is 2.23. The van der Waals surface area contributed by atoms with E-state index in [4.69, 9.17) is 14.4 Å². The van der Waals surface area contributed by atoms with Gasteiger partial charge in [-0.05, 0) is 69.1 Å². The predicted molar refractivity (Wildman–Crippen MR) is 108 cm³/mol. The molecule has 29 heavy (non-hydrogen) atoms. The Morgan fingerprint density at radius 2 is 2.10 bits per heavy atom. The number of nitrogens with zero attached hydrogens (tertiary/aromatic N) is 2. The summed E-state index contributed by atoms with van der Waals surface area (Å²) < 4.78 is 11.7. The van der Waals surface area contributed by atoms with Crippen LogP contribution in [-0.4, -0.2) is 45.6 Å². The summed E-state index contributed by atoms with van der Waals surface area (Å²) in [7, 11) is 0. The SMILES string of the molecule is O=C(O)N1CCC(CCc2noc3c(CO)c(OC4C=CCCC4)ccc23)CC1. The second-order valence-corrected chi connectivity index (χ2v) is 7.97. The minimum Gasteiger partial charge on any atom is -0.486 e. The van der Waals surface area contributed by atoms with Gasteiger partial charge in [0.1, 0.15) is 11.9 Å². The van der Waals surface area contributed by atoms with Crippen LogP contribution in [-0.2, 0) is 13.0 Å². The Morgan fingerprint density at radius 1 is 1.28 bits per heavy atom. The molecule has 2 aliphatic rings. The fraction of sp³-hybridized carbons (Fsp3) is 0.545. The minimum atomic E-state index is -0.829. The van der Waals surface area contributed by atoms with Gasteiger partial charge in [0.15, 0.2) is 5.58 Å². The fourth-order valence-electron chi connectivity index (χ4n) is 4.33. The van der Waals surface area contributed by atoms with Crippen LogP contribution >= 0.6 is 0 Å². The Hall–Kier alpha value is -2.54. The van der Waals surface area contributed by atoms with E-state index in [1.54, 1.807) is 0 Å². The van der Waals surface area contributed by atoms with Gasteiger partial charge in [0.25, 0.3) is 0 Å². The van der Waals surface area contributed by atoms with E-state index < -0.39 is 6.09 Å². The molecule has 1 saturated heterocycles. The van der Waals surface area contributed by atoms with Crippen LogP contribution in [0.4, 0.5) is 4.79 Å². The summed E-state index contributed by atoms with van der Waals surface area (Å²) >= 11 is 0. The summed E-state index contributed by atoms with van der Waals surface area (Å²) in [5.74, 6) is 1.15. The van der Waals surface area contributed by atoms with Gasteiger partial charge in [-0.3, -0.25) is 0 Å². The van der Waals surface area contributed by atoms with Gasteiger partial charge in [-0.25, -0.2) is 4.79 Å².